The van der Waals surface area contributed by atoms with Crippen molar-refractivity contribution in [1.29, 1.82) is 5.26 Å². The van der Waals surface area contributed by atoms with Crippen molar-refractivity contribution in [2.45, 2.75) is 5.16 Å². The number of ether oxygens (including phenoxy) is 1. The number of rotatable bonds is 7. The summed E-state index contributed by atoms with van der Waals surface area (Å²) in [6.07, 6.45) is 0. The topological polar surface area (TPSA) is 92.8 Å². The van der Waals surface area contributed by atoms with Gasteiger partial charge in [0, 0.05) is 5.56 Å². The van der Waals surface area contributed by atoms with Crippen LogP contribution in [-0.2, 0) is 4.79 Å². The zero-order valence-corrected chi connectivity index (χ0v) is 19.2. The number of nitrogens with zero attached hydrogens (tertiary/aromatic N) is 4. The largest absolute Gasteiger partial charge is 0.495 e. The summed E-state index contributed by atoms with van der Waals surface area (Å²) in [5.41, 5.74) is 2.06. The Balaban J connectivity index is 1.64. The van der Waals surface area contributed by atoms with Crippen LogP contribution in [0.4, 0.5) is 5.00 Å². The number of aromatic nitrogens is 3. The molecule has 32 heavy (non-hydrogen) atoms. The molecular formula is C22H16ClN5O2S2. The Morgan fingerprint density at radius 2 is 2.06 bits per heavy atom. The van der Waals surface area contributed by atoms with Gasteiger partial charge in [0.1, 0.15) is 16.8 Å². The molecule has 0 unspecified atom stereocenters. The SMILES string of the molecule is COc1ccc(-n2c(SCC(=O)Nc3sccc3C#N)nnc2-c2ccccc2)cc1Cl. The molecule has 10 heteroatoms. The van der Waals surface area contributed by atoms with Gasteiger partial charge in [0.2, 0.25) is 5.91 Å². The third-order valence-corrected chi connectivity index (χ3v) is 6.48. The number of hydrogen-bond acceptors (Lipinski definition) is 7. The van der Waals surface area contributed by atoms with Crippen molar-refractivity contribution in [2.24, 2.45) is 0 Å². The van der Waals surface area contributed by atoms with Gasteiger partial charge in [-0.3, -0.25) is 9.36 Å². The molecule has 0 fully saturated rings. The number of nitriles is 1. The summed E-state index contributed by atoms with van der Waals surface area (Å²) in [5, 5.41) is 23.9. The van der Waals surface area contributed by atoms with Crippen molar-refractivity contribution in [3.05, 3.63) is 70.6 Å². The third-order valence-electron chi connectivity index (χ3n) is 4.43. The molecule has 4 aromatic rings. The lowest BCUT2D eigenvalue weighted by atomic mass is 10.2. The number of halogens is 1. The molecule has 0 bridgehead atoms. The van der Waals surface area contributed by atoms with Crippen molar-refractivity contribution in [2.75, 3.05) is 18.2 Å². The average molecular weight is 482 g/mol. The van der Waals surface area contributed by atoms with E-state index in [0.29, 0.717) is 32.3 Å². The molecule has 0 aliphatic carbocycles. The van der Waals surface area contributed by atoms with Crippen LogP contribution in [-0.4, -0.2) is 33.5 Å². The maximum atomic E-state index is 12.5. The highest BCUT2D eigenvalue weighted by Gasteiger charge is 2.19. The van der Waals surface area contributed by atoms with E-state index in [1.54, 1.807) is 30.7 Å². The van der Waals surface area contributed by atoms with Crippen LogP contribution < -0.4 is 10.1 Å². The predicted octanol–water partition coefficient (Wildman–Crippen LogP) is 5.26. The lowest BCUT2D eigenvalue weighted by Gasteiger charge is -2.12. The Kier molecular flexibility index (Phi) is 6.75. The Morgan fingerprint density at radius 1 is 1.25 bits per heavy atom. The van der Waals surface area contributed by atoms with Gasteiger partial charge in [-0.15, -0.1) is 21.5 Å². The Hall–Kier alpha value is -3.32. The maximum absolute atomic E-state index is 12.5. The Morgan fingerprint density at radius 3 is 2.78 bits per heavy atom. The summed E-state index contributed by atoms with van der Waals surface area (Å²) < 4.78 is 7.11. The molecule has 2 aromatic carbocycles. The van der Waals surface area contributed by atoms with Crippen LogP contribution in [0.1, 0.15) is 5.56 Å². The van der Waals surface area contributed by atoms with Crippen LogP contribution in [0.15, 0.2) is 65.1 Å². The summed E-state index contributed by atoms with van der Waals surface area (Å²) in [6, 6.07) is 18.8. The minimum absolute atomic E-state index is 0.0968. The molecule has 7 nitrogen and oxygen atoms in total. The van der Waals surface area contributed by atoms with Crippen molar-refractivity contribution < 1.29 is 9.53 Å². The lowest BCUT2D eigenvalue weighted by Crippen LogP contribution is -2.14. The second-order valence-electron chi connectivity index (χ2n) is 6.44. The molecule has 160 valence electrons. The maximum Gasteiger partial charge on any atom is 0.235 e. The van der Waals surface area contributed by atoms with E-state index in [-0.39, 0.29) is 11.7 Å². The number of methoxy groups -OCH3 is 1. The first-order valence-corrected chi connectivity index (χ1v) is 11.6. The van der Waals surface area contributed by atoms with Gasteiger partial charge in [-0.1, -0.05) is 53.7 Å². The highest BCUT2D eigenvalue weighted by Crippen LogP contribution is 2.32. The number of anilines is 1. The monoisotopic (exact) mass is 481 g/mol. The normalized spacial score (nSPS) is 10.5. The van der Waals surface area contributed by atoms with Gasteiger partial charge in [-0.2, -0.15) is 5.26 Å². The number of amides is 1. The summed E-state index contributed by atoms with van der Waals surface area (Å²) >= 11 is 8.91. The van der Waals surface area contributed by atoms with Gasteiger partial charge in [0.15, 0.2) is 11.0 Å². The molecule has 0 saturated carbocycles. The first-order valence-electron chi connectivity index (χ1n) is 9.35. The molecule has 1 amide bonds. The molecule has 0 atom stereocenters. The second-order valence-corrected chi connectivity index (χ2v) is 8.70. The van der Waals surface area contributed by atoms with Crippen molar-refractivity contribution >= 4 is 45.6 Å². The number of thiophene rings is 1. The minimum Gasteiger partial charge on any atom is -0.495 e. The number of nitrogens with one attached hydrogen (secondary N) is 1. The van der Waals surface area contributed by atoms with Crippen LogP contribution in [0.3, 0.4) is 0 Å². The minimum atomic E-state index is -0.238. The zero-order chi connectivity index (χ0) is 22.5. The van der Waals surface area contributed by atoms with E-state index in [1.807, 2.05) is 41.0 Å². The number of thioether (sulfide) groups is 1. The highest BCUT2D eigenvalue weighted by molar-refractivity contribution is 7.99. The van der Waals surface area contributed by atoms with E-state index < -0.39 is 0 Å². The van der Waals surface area contributed by atoms with E-state index in [0.717, 1.165) is 11.3 Å². The molecule has 0 spiro atoms. The molecule has 4 rings (SSSR count). The van der Waals surface area contributed by atoms with E-state index in [1.165, 1.54) is 23.1 Å². The third kappa shape index (κ3) is 4.62. The molecule has 0 aliphatic heterocycles. The number of carbonyl (C=O) groups is 1. The van der Waals surface area contributed by atoms with Gasteiger partial charge < -0.3 is 10.1 Å². The van der Waals surface area contributed by atoms with Gasteiger partial charge in [-0.05, 0) is 29.6 Å². The number of carbonyl (C=O) groups excluding carboxylic acids is 1. The zero-order valence-electron chi connectivity index (χ0n) is 16.8. The van der Waals surface area contributed by atoms with E-state index in [9.17, 15) is 4.79 Å². The second kappa shape index (κ2) is 9.87. The highest BCUT2D eigenvalue weighted by atomic mass is 35.5. The van der Waals surface area contributed by atoms with Gasteiger partial charge in [0.05, 0.1) is 29.1 Å². The fourth-order valence-corrected chi connectivity index (χ4v) is 4.71. The van der Waals surface area contributed by atoms with Crippen LogP contribution in [0.25, 0.3) is 17.1 Å². The van der Waals surface area contributed by atoms with Crippen LogP contribution >= 0.6 is 34.7 Å². The van der Waals surface area contributed by atoms with Gasteiger partial charge >= 0.3 is 0 Å². The van der Waals surface area contributed by atoms with E-state index in [2.05, 4.69) is 21.6 Å². The molecule has 2 heterocycles. The van der Waals surface area contributed by atoms with Crippen LogP contribution in [0.2, 0.25) is 5.02 Å². The molecule has 1 N–H and O–H groups in total. The standard InChI is InChI=1S/C22H16ClN5O2S2/c1-30-18-8-7-16(11-17(18)23)28-20(14-5-3-2-4-6-14)26-27-22(28)32-13-19(29)25-21-15(12-24)9-10-31-21/h2-11H,13H2,1H3,(H,25,29). The fourth-order valence-electron chi connectivity index (χ4n) is 2.95. The molecule has 0 radical (unpaired) electrons. The van der Waals surface area contributed by atoms with Crippen LogP contribution in [0, 0.1) is 11.3 Å². The Labute approximate surface area is 197 Å². The van der Waals surface area contributed by atoms with E-state index >= 15 is 0 Å². The summed E-state index contributed by atoms with van der Waals surface area (Å²) in [4.78, 5) is 12.5. The predicted molar refractivity (Wildman–Crippen MR) is 127 cm³/mol. The smallest absolute Gasteiger partial charge is 0.235 e. The van der Waals surface area contributed by atoms with Crippen molar-refractivity contribution in [3.8, 4) is 28.9 Å². The molecule has 0 saturated heterocycles. The summed E-state index contributed by atoms with van der Waals surface area (Å²) in [7, 11) is 1.56. The number of hydrogen-bond donors (Lipinski definition) is 1. The van der Waals surface area contributed by atoms with Crippen LogP contribution in [0.5, 0.6) is 5.75 Å². The molecular weight excluding hydrogens is 466 g/mol. The van der Waals surface area contributed by atoms with Gasteiger partial charge in [-0.25, -0.2) is 0 Å². The molecule has 2 aromatic heterocycles. The average Bonchev–Trinajstić information content (AvgIpc) is 3.44. The lowest BCUT2D eigenvalue weighted by molar-refractivity contribution is -0.113. The number of benzene rings is 2. The van der Waals surface area contributed by atoms with Crippen molar-refractivity contribution in [3.63, 3.8) is 0 Å². The first-order chi connectivity index (χ1) is 15.6. The fraction of sp³-hybridized carbons (Fsp3) is 0.0909. The summed E-state index contributed by atoms with van der Waals surface area (Å²) in [5.74, 6) is 1.04. The summed E-state index contributed by atoms with van der Waals surface area (Å²) in [6.45, 7) is 0. The molecule has 0 aliphatic rings. The quantitative estimate of drug-likeness (QED) is 0.362. The first kappa shape index (κ1) is 21.9. The van der Waals surface area contributed by atoms with Crippen molar-refractivity contribution in [1.82, 2.24) is 14.8 Å². The van der Waals surface area contributed by atoms with Gasteiger partial charge in [0.25, 0.3) is 0 Å². The Bertz CT molecular complexity index is 1300. The van der Waals surface area contributed by atoms with E-state index in [4.69, 9.17) is 21.6 Å².